The van der Waals surface area contributed by atoms with Gasteiger partial charge in [0.05, 0.1) is 5.69 Å². The zero-order valence-electron chi connectivity index (χ0n) is 7.13. The van der Waals surface area contributed by atoms with Crippen molar-refractivity contribution in [3.05, 3.63) is 18.2 Å². The zero-order valence-corrected chi connectivity index (χ0v) is 7.13. The van der Waals surface area contributed by atoms with Crippen LogP contribution in [0, 0.1) is 0 Å². The first kappa shape index (κ1) is 7.91. The smallest absolute Gasteiger partial charge is 0.265 e. The number of para-hydroxylation sites is 1. The average molecular weight is 177 g/mol. The highest BCUT2D eigenvalue weighted by Crippen LogP contribution is 2.34. The first-order chi connectivity index (χ1) is 6.18. The fourth-order valence-corrected chi connectivity index (χ4v) is 1.23. The molecule has 1 radical (unpaired) electrons. The molecule has 4 nitrogen and oxygen atoms in total. The number of hydrogen-bond donors (Lipinski definition) is 1. The summed E-state index contributed by atoms with van der Waals surface area (Å²) < 4.78 is 5.29. The lowest BCUT2D eigenvalue weighted by Crippen LogP contribution is -2.34. The summed E-state index contributed by atoms with van der Waals surface area (Å²) in [6.07, 6.45) is -0.478. The zero-order chi connectivity index (χ0) is 9.42. The quantitative estimate of drug-likeness (QED) is 0.649. The molecule has 67 valence electrons. The summed E-state index contributed by atoms with van der Waals surface area (Å²) in [7, 11) is 0. The molecule has 0 fully saturated rings. The summed E-state index contributed by atoms with van der Waals surface area (Å²) in [6, 6.07) is 5.08. The van der Waals surface area contributed by atoms with Crippen LogP contribution in [0.2, 0.25) is 0 Å². The van der Waals surface area contributed by atoms with Crippen molar-refractivity contribution in [3.8, 4) is 5.75 Å². The molecule has 1 aliphatic rings. The van der Waals surface area contributed by atoms with E-state index in [-0.39, 0.29) is 11.6 Å². The highest BCUT2D eigenvalue weighted by Gasteiger charge is 2.24. The van der Waals surface area contributed by atoms with E-state index in [9.17, 15) is 4.79 Å². The Kier molecular flexibility index (Phi) is 1.62. The lowest BCUT2D eigenvalue weighted by molar-refractivity contribution is -0.122. The number of rotatable bonds is 0. The summed E-state index contributed by atoms with van der Waals surface area (Å²) in [4.78, 5) is 11.2. The van der Waals surface area contributed by atoms with Gasteiger partial charge in [0.25, 0.3) is 5.91 Å². The van der Waals surface area contributed by atoms with Crippen LogP contribution in [0.25, 0.3) is 0 Å². The molecule has 2 N–H and O–H groups in total. The number of anilines is 1. The van der Waals surface area contributed by atoms with Gasteiger partial charge in [0.15, 0.2) is 6.10 Å². The van der Waals surface area contributed by atoms with E-state index in [2.05, 4.69) is 5.32 Å². The number of benzene rings is 1. The molecule has 13 heavy (non-hydrogen) atoms. The van der Waals surface area contributed by atoms with Gasteiger partial charge < -0.3 is 10.1 Å². The number of fused-ring (bicyclic) bond motifs is 1. The van der Waals surface area contributed by atoms with Crippen molar-refractivity contribution in [1.29, 1.82) is 0 Å². The molecule has 0 aromatic heterocycles. The van der Waals surface area contributed by atoms with Crippen molar-refractivity contribution >= 4 is 17.3 Å². The number of nitrogens with one attached hydrogen (secondary N) is 2. The maximum absolute atomic E-state index is 11.2. The van der Waals surface area contributed by atoms with Crippen molar-refractivity contribution in [3.63, 3.8) is 0 Å². The molecule has 0 unspecified atom stereocenters. The highest BCUT2D eigenvalue weighted by molar-refractivity contribution is 6.00. The Morgan fingerprint density at radius 3 is 3.08 bits per heavy atom. The SMILES string of the molecule is C[C@@H]1Oc2cccc([NH])c2NC1=O. The van der Waals surface area contributed by atoms with Gasteiger partial charge in [-0.25, -0.2) is 0 Å². The van der Waals surface area contributed by atoms with Gasteiger partial charge in [0.1, 0.15) is 11.4 Å². The van der Waals surface area contributed by atoms with Crippen LogP contribution in [-0.2, 0) is 4.79 Å². The predicted octanol–water partition coefficient (Wildman–Crippen LogP) is 1.32. The molecule has 0 aliphatic carbocycles. The summed E-state index contributed by atoms with van der Waals surface area (Å²) >= 11 is 0. The molecule has 0 bridgehead atoms. The number of amides is 1. The minimum absolute atomic E-state index is 0.202. The van der Waals surface area contributed by atoms with Crippen LogP contribution < -0.4 is 15.8 Å². The predicted molar refractivity (Wildman–Crippen MR) is 47.9 cm³/mol. The standard InChI is InChI=1S/C9H9N2O2/c1-5-9(12)11-8-6(10)3-2-4-7(8)13-5/h2-5,10H,1H3,(H,11,12)/t5-/m0/s1. The van der Waals surface area contributed by atoms with Crippen molar-refractivity contribution in [2.24, 2.45) is 0 Å². The number of hydrogen-bond acceptors (Lipinski definition) is 2. The molecule has 1 aromatic rings. The molecule has 1 atom stereocenters. The van der Waals surface area contributed by atoms with E-state index >= 15 is 0 Å². The van der Waals surface area contributed by atoms with E-state index in [0.717, 1.165) is 0 Å². The van der Waals surface area contributed by atoms with Crippen LogP contribution in [0.1, 0.15) is 6.92 Å². The molecule has 4 heteroatoms. The van der Waals surface area contributed by atoms with Crippen LogP contribution in [0.5, 0.6) is 5.75 Å². The molecule has 1 amide bonds. The first-order valence-electron chi connectivity index (χ1n) is 4.00. The Morgan fingerprint density at radius 2 is 2.31 bits per heavy atom. The molecular formula is C9H9N2O2. The van der Waals surface area contributed by atoms with E-state index in [4.69, 9.17) is 10.5 Å². The normalized spacial score (nSPS) is 20.1. The minimum Gasteiger partial charge on any atom is -0.479 e. The molecule has 0 saturated heterocycles. The Hall–Kier alpha value is -1.71. The molecule has 2 rings (SSSR count). The molecule has 1 aromatic carbocycles. The summed E-state index contributed by atoms with van der Waals surface area (Å²) in [6.45, 7) is 1.68. The fraction of sp³-hybridized carbons (Fsp3) is 0.222. The van der Waals surface area contributed by atoms with E-state index in [0.29, 0.717) is 11.4 Å². The molecule has 1 aliphatic heterocycles. The van der Waals surface area contributed by atoms with Crippen molar-refractivity contribution in [2.45, 2.75) is 13.0 Å². The van der Waals surface area contributed by atoms with Gasteiger partial charge in [-0.1, -0.05) is 6.07 Å². The van der Waals surface area contributed by atoms with Gasteiger partial charge in [-0.15, -0.1) is 0 Å². The molecular weight excluding hydrogens is 168 g/mol. The van der Waals surface area contributed by atoms with Crippen molar-refractivity contribution in [2.75, 3.05) is 5.32 Å². The van der Waals surface area contributed by atoms with Crippen LogP contribution in [0.3, 0.4) is 0 Å². The van der Waals surface area contributed by atoms with E-state index in [1.165, 1.54) is 0 Å². The summed E-state index contributed by atoms with van der Waals surface area (Å²) in [5, 5.41) is 2.63. The molecule has 0 spiro atoms. The van der Waals surface area contributed by atoms with Crippen molar-refractivity contribution < 1.29 is 9.53 Å². The lowest BCUT2D eigenvalue weighted by Gasteiger charge is -2.23. The molecule has 1 heterocycles. The summed E-state index contributed by atoms with van der Waals surface area (Å²) in [5.41, 5.74) is 8.25. The Morgan fingerprint density at radius 1 is 1.54 bits per heavy atom. The highest BCUT2D eigenvalue weighted by atomic mass is 16.5. The Bertz CT molecular complexity index is 363. The third-order valence-electron chi connectivity index (χ3n) is 1.95. The van der Waals surface area contributed by atoms with Crippen LogP contribution in [-0.4, -0.2) is 12.0 Å². The van der Waals surface area contributed by atoms with Gasteiger partial charge in [-0.2, -0.15) is 0 Å². The van der Waals surface area contributed by atoms with E-state index < -0.39 is 6.10 Å². The molecule has 0 saturated carbocycles. The van der Waals surface area contributed by atoms with Crippen LogP contribution in [0.4, 0.5) is 11.4 Å². The second kappa shape index (κ2) is 2.65. The van der Waals surface area contributed by atoms with Gasteiger partial charge >= 0.3 is 0 Å². The monoisotopic (exact) mass is 177 g/mol. The average Bonchev–Trinajstić information content (AvgIpc) is 2.09. The Balaban J connectivity index is 2.48. The number of carbonyl (C=O) groups excluding carboxylic acids is 1. The Labute approximate surface area is 75.7 Å². The largest absolute Gasteiger partial charge is 0.479 e. The third kappa shape index (κ3) is 1.20. The minimum atomic E-state index is -0.478. The van der Waals surface area contributed by atoms with Crippen molar-refractivity contribution in [1.82, 2.24) is 5.73 Å². The van der Waals surface area contributed by atoms with Crippen LogP contribution >= 0.6 is 0 Å². The lowest BCUT2D eigenvalue weighted by atomic mass is 10.2. The summed E-state index contributed by atoms with van der Waals surface area (Å²) in [5.74, 6) is 0.367. The van der Waals surface area contributed by atoms with Gasteiger partial charge in [0.2, 0.25) is 0 Å². The van der Waals surface area contributed by atoms with E-state index in [1.807, 2.05) is 0 Å². The van der Waals surface area contributed by atoms with E-state index in [1.54, 1.807) is 25.1 Å². The fourth-order valence-electron chi connectivity index (χ4n) is 1.23. The third-order valence-corrected chi connectivity index (χ3v) is 1.95. The van der Waals surface area contributed by atoms with Crippen LogP contribution in [0.15, 0.2) is 18.2 Å². The second-order valence-corrected chi connectivity index (χ2v) is 2.93. The number of carbonyl (C=O) groups is 1. The second-order valence-electron chi connectivity index (χ2n) is 2.93. The van der Waals surface area contributed by atoms with Gasteiger partial charge in [-0.05, 0) is 19.1 Å². The number of ether oxygens (including phenoxy) is 1. The van der Waals surface area contributed by atoms with Gasteiger partial charge in [-0.3, -0.25) is 10.5 Å². The van der Waals surface area contributed by atoms with Gasteiger partial charge in [0, 0.05) is 0 Å². The maximum atomic E-state index is 11.2. The topological polar surface area (TPSA) is 62.1 Å². The maximum Gasteiger partial charge on any atom is 0.265 e. The first-order valence-corrected chi connectivity index (χ1v) is 4.00.